The normalized spacial score (nSPS) is 26.4. The summed E-state index contributed by atoms with van der Waals surface area (Å²) in [5.74, 6) is 0.503. The average Bonchev–Trinajstić information content (AvgIpc) is 3.75. The summed E-state index contributed by atoms with van der Waals surface area (Å²) in [7, 11) is -4.18. The van der Waals surface area contributed by atoms with Crippen LogP contribution in [0.3, 0.4) is 0 Å². The first-order chi connectivity index (χ1) is 24.7. The van der Waals surface area contributed by atoms with Crippen molar-refractivity contribution in [2.24, 2.45) is 11.8 Å². The lowest BCUT2D eigenvalue weighted by atomic mass is 10.0. The molecular formula is C37H52N2O11S. The third-order valence-electron chi connectivity index (χ3n) is 9.61. The van der Waals surface area contributed by atoms with Crippen molar-refractivity contribution in [3.05, 3.63) is 54.1 Å². The van der Waals surface area contributed by atoms with E-state index in [9.17, 15) is 18.3 Å². The van der Waals surface area contributed by atoms with Gasteiger partial charge >= 0.3 is 6.09 Å². The van der Waals surface area contributed by atoms with Gasteiger partial charge in [-0.05, 0) is 62.1 Å². The van der Waals surface area contributed by atoms with Gasteiger partial charge in [0.25, 0.3) is 0 Å². The largest absolute Gasteiger partial charge is 0.461 e. The number of aliphatic hydroxyl groups excluding tert-OH is 1. The molecule has 2 N–H and O–H groups in total. The molecule has 4 aliphatic rings. The third kappa shape index (κ3) is 10.1. The van der Waals surface area contributed by atoms with Crippen molar-refractivity contribution in [3.8, 4) is 11.5 Å². The van der Waals surface area contributed by atoms with E-state index in [-0.39, 0.29) is 54.9 Å². The zero-order chi connectivity index (χ0) is 35.8. The van der Waals surface area contributed by atoms with E-state index in [0.717, 1.165) is 44.1 Å². The van der Waals surface area contributed by atoms with Gasteiger partial charge in [-0.1, -0.05) is 44.2 Å². The molecule has 14 heteroatoms. The molecule has 0 aliphatic carbocycles. The first-order valence-electron chi connectivity index (χ1n) is 18.3. The predicted octanol–water partition coefficient (Wildman–Crippen LogP) is 4.60. The number of aliphatic hydroxyl groups is 1. The number of hydrogen-bond donors (Lipinski definition) is 2. The van der Waals surface area contributed by atoms with E-state index in [4.69, 9.17) is 33.2 Å². The first kappa shape index (κ1) is 37.8. The SMILES string of the molecule is CC(C)CN(C[C@@H](O)[C@H](Cc1ccccc1)NC(=O)OC1CO[C@H]2OCCC12)S(=O)(=O)c1ccc(OC2CCCCO2)c(OC2CCCCO2)c1. The molecule has 1 amide bonds. The molecule has 4 unspecified atom stereocenters. The summed E-state index contributed by atoms with van der Waals surface area (Å²) < 4.78 is 71.0. The number of ether oxygens (including phenoxy) is 7. The number of amides is 1. The number of fused-ring (bicyclic) bond motifs is 1. The van der Waals surface area contributed by atoms with Crippen molar-refractivity contribution >= 4 is 16.1 Å². The summed E-state index contributed by atoms with van der Waals surface area (Å²) in [6.07, 6.45) is 2.30. The zero-order valence-corrected chi connectivity index (χ0v) is 30.3. The summed E-state index contributed by atoms with van der Waals surface area (Å²) in [4.78, 5) is 13.2. The number of sulfonamides is 1. The van der Waals surface area contributed by atoms with E-state index in [0.29, 0.717) is 32.0 Å². The van der Waals surface area contributed by atoms with Crippen molar-refractivity contribution in [2.75, 3.05) is 39.5 Å². The fraction of sp³-hybridized carbons (Fsp3) is 0.649. The zero-order valence-electron chi connectivity index (χ0n) is 29.5. The maximum Gasteiger partial charge on any atom is 0.407 e. The number of rotatable bonds is 15. The molecule has 4 aliphatic heterocycles. The van der Waals surface area contributed by atoms with E-state index in [1.807, 2.05) is 44.2 Å². The number of hydrogen-bond acceptors (Lipinski definition) is 11. The molecule has 4 fully saturated rings. The molecule has 4 heterocycles. The molecule has 0 aromatic heterocycles. The Bertz CT molecular complexity index is 1520. The number of nitrogens with zero attached hydrogens (tertiary/aromatic N) is 1. The molecule has 0 saturated carbocycles. The van der Waals surface area contributed by atoms with E-state index >= 15 is 0 Å². The predicted molar refractivity (Wildman–Crippen MR) is 186 cm³/mol. The topological polar surface area (TPSA) is 151 Å². The monoisotopic (exact) mass is 732 g/mol. The molecule has 0 radical (unpaired) electrons. The number of carbonyl (C=O) groups is 1. The minimum atomic E-state index is -4.18. The van der Waals surface area contributed by atoms with Gasteiger partial charge in [0, 0.05) is 32.0 Å². The average molecular weight is 733 g/mol. The molecule has 4 saturated heterocycles. The molecule has 7 atom stereocenters. The number of carbonyl (C=O) groups excluding carboxylic acids is 1. The van der Waals surface area contributed by atoms with Gasteiger partial charge < -0.3 is 43.6 Å². The van der Waals surface area contributed by atoms with Crippen LogP contribution in [-0.4, -0.2) is 101 Å². The Balaban J connectivity index is 1.22. The second-order valence-electron chi connectivity index (χ2n) is 14.1. The molecular weight excluding hydrogens is 680 g/mol. The summed E-state index contributed by atoms with van der Waals surface area (Å²) in [5.41, 5.74) is 0.859. The highest BCUT2D eigenvalue weighted by Crippen LogP contribution is 2.36. The van der Waals surface area contributed by atoms with Crippen molar-refractivity contribution in [1.29, 1.82) is 0 Å². The Morgan fingerprint density at radius 3 is 2.25 bits per heavy atom. The Morgan fingerprint density at radius 2 is 1.59 bits per heavy atom. The van der Waals surface area contributed by atoms with Crippen molar-refractivity contribution in [3.63, 3.8) is 0 Å². The molecule has 13 nitrogen and oxygen atoms in total. The molecule has 2 aromatic rings. The van der Waals surface area contributed by atoms with E-state index in [2.05, 4.69) is 5.32 Å². The Morgan fingerprint density at radius 1 is 0.882 bits per heavy atom. The third-order valence-corrected chi connectivity index (χ3v) is 11.4. The van der Waals surface area contributed by atoms with Gasteiger partial charge in [-0.15, -0.1) is 0 Å². The van der Waals surface area contributed by atoms with Gasteiger partial charge in [-0.2, -0.15) is 4.31 Å². The Hall–Kier alpha value is -2.98. The summed E-state index contributed by atoms with van der Waals surface area (Å²) >= 11 is 0. The lowest BCUT2D eigenvalue weighted by Crippen LogP contribution is -2.51. The maximum atomic E-state index is 14.4. The summed E-state index contributed by atoms with van der Waals surface area (Å²) in [5, 5.41) is 14.6. The number of nitrogens with one attached hydrogen (secondary N) is 1. The highest BCUT2D eigenvalue weighted by atomic mass is 32.2. The van der Waals surface area contributed by atoms with Crippen LogP contribution in [0.5, 0.6) is 11.5 Å². The molecule has 6 rings (SSSR count). The minimum Gasteiger partial charge on any atom is -0.461 e. The number of benzene rings is 2. The first-order valence-corrected chi connectivity index (χ1v) is 19.7. The molecule has 282 valence electrons. The van der Waals surface area contributed by atoms with Crippen LogP contribution in [0.4, 0.5) is 4.79 Å². The lowest BCUT2D eigenvalue weighted by molar-refractivity contribution is -0.119. The van der Waals surface area contributed by atoms with Crippen LogP contribution in [-0.2, 0) is 40.1 Å². The van der Waals surface area contributed by atoms with Crippen LogP contribution in [0.15, 0.2) is 53.4 Å². The summed E-state index contributed by atoms with van der Waals surface area (Å²) in [6.45, 7) is 5.58. The van der Waals surface area contributed by atoms with Gasteiger partial charge in [0.15, 0.2) is 30.4 Å². The van der Waals surface area contributed by atoms with E-state index in [1.54, 1.807) is 6.07 Å². The lowest BCUT2D eigenvalue weighted by Gasteiger charge is -2.31. The smallest absolute Gasteiger partial charge is 0.407 e. The van der Waals surface area contributed by atoms with Crippen LogP contribution >= 0.6 is 0 Å². The highest BCUT2D eigenvalue weighted by molar-refractivity contribution is 7.89. The summed E-state index contributed by atoms with van der Waals surface area (Å²) in [6, 6.07) is 13.1. The van der Waals surface area contributed by atoms with Crippen LogP contribution in [0.2, 0.25) is 0 Å². The second-order valence-corrected chi connectivity index (χ2v) is 16.1. The molecule has 2 aromatic carbocycles. The fourth-order valence-electron chi connectivity index (χ4n) is 6.91. The number of alkyl carbamates (subject to hydrolysis) is 1. The van der Waals surface area contributed by atoms with Crippen molar-refractivity contribution in [1.82, 2.24) is 9.62 Å². The Kier molecular flexibility index (Phi) is 13.1. The Labute approximate surface area is 300 Å². The molecule has 51 heavy (non-hydrogen) atoms. The van der Waals surface area contributed by atoms with Gasteiger partial charge in [0.1, 0.15) is 6.10 Å². The van der Waals surface area contributed by atoms with Crippen molar-refractivity contribution < 1.29 is 51.5 Å². The fourth-order valence-corrected chi connectivity index (χ4v) is 8.55. The quantitative estimate of drug-likeness (QED) is 0.264. The highest BCUT2D eigenvalue weighted by Gasteiger charge is 2.44. The van der Waals surface area contributed by atoms with Crippen LogP contribution in [0.25, 0.3) is 0 Å². The van der Waals surface area contributed by atoms with E-state index < -0.39 is 46.9 Å². The van der Waals surface area contributed by atoms with Crippen LogP contribution in [0.1, 0.15) is 64.4 Å². The van der Waals surface area contributed by atoms with Gasteiger partial charge in [-0.25, -0.2) is 13.2 Å². The molecule has 0 bridgehead atoms. The second kappa shape index (κ2) is 17.7. The van der Waals surface area contributed by atoms with Crippen molar-refractivity contribution in [2.45, 2.75) is 107 Å². The van der Waals surface area contributed by atoms with Gasteiger partial charge in [-0.3, -0.25) is 0 Å². The van der Waals surface area contributed by atoms with E-state index in [1.165, 1.54) is 16.4 Å². The van der Waals surface area contributed by atoms with Gasteiger partial charge in [0.05, 0.1) is 49.4 Å². The molecule has 0 spiro atoms. The maximum absolute atomic E-state index is 14.4. The minimum absolute atomic E-state index is 0.0142. The van der Waals surface area contributed by atoms with Gasteiger partial charge in [0.2, 0.25) is 10.0 Å². The van der Waals surface area contributed by atoms with Crippen LogP contribution < -0.4 is 14.8 Å². The standard InChI is InChI=1S/C37H52N2O11S/c1-25(2)22-39(23-30(40)29(20-26-10-4-3-5-11-26)38-37(41)50-33-24-47-36-28(33)16-19-46-36)51(42,43)27-14-15-31(48-34-12-6-8-17-44-34)32(21-27)49-35-13-7-9-18-45-35/h3-5,10-11,14-15,21,25,28-30,33-36,40H,6-9,12-13,16-20,22-24H2,1-2H3,(H,38,41)/t28?,29-,30+,33?,34?,35?,36+/m0/s1. The van der Waals surface area contributed by atoms with Crippen LogP contribution in [0, 0.1) is 11.8 Å².